The van der Waals surface area contributed by atoms with Crippen LogP contribution in [0.15, 0.2) is 16.6 Å². The summed E-state index contributed by atoms with van der Waals surface area (Å²) in [6.45, 7) is 3.44. The van der Waals surface area contributed by atoms with Crippen LogP contribution in [-0.2, 0) is 4.74 Å². The van der Waals surface area contributed by atoms with E-state index in [0.29, 0.717) is 19.7 Å². The summed E-state index contributed by atoms with van der Waals surface area (Å²) in [7, 11) is 1.65. The van der Waals surface area contributed by atoms with Gasteiger partial charge in [0.1, 0.15) is 0 Å². The van der Waals surface area contributed by atoms with Crippen LogP contribution in [-0.4, -0.2) is 38.1 Å². The molecule has 1 aliphatic heterocycles. The summed E-state index contributed by atoms with van der Waals surface area (Å²) in [4.78, 5) is 4.27. The molecule has 0 aromatic carbocycles. The zero-order valence-electron chi connectivity index (χ0n) is 8.21. The van der Waals surface area contributed by atoms with Crippen molar-refractivity contribution in [1.82, 2.24) is 0 Å². The number of hydrogen-bond acceptors (Lipinski definition) is 4. The van der Waals surface area contributed by atoms with Crippen LogP contribution in [0.1, 0.15) is 6.92 Å². The summed E-state index contributed by atoms with van der Waals surface area (Å²) >= 11 is 0. The fourth-order valence-electron chi connectivity index (χ4n) is 1.35. The van der Waals surface area contributed by atoms with E-state index in [1.54, 1.807) is 7.11 Å². The van der Waals surface area contributed by atoms with Crippen molar-refractivity contribution in [3.05, 3.63) is 11.6 Å². The van der Waals surface area contributed by atoms with Crippen LogP contribution in [0.5, 0.6) is 0 Å². The largest absolute Gasteiger partial charge is 0.380 e. The molecule has 0 spiro atoms. The highest BCUT2D eigenvalue weighted by Gasteiger charge is 2.30. The zero-order chi connectivity index (χ0) is 9.90. The molecule has 4 N–H and O–H groups in total. The Kier molecular flexibility index (Phi) is 3.19. The van der Waals surface area contributed by atoms with Gasteiger partial charge in [0.25, 0.3) is 0 Å². The molecular weight excluding hydrogens is 166 g/mol. The van der Waals surface area contributed by atoms with Crippen LogP contribution in [0.3, 0.4) is 0 Å². The molecule has 1 aliphatic rings. The molecule has 0 bridgehead atoms. The quantitative estimate of drug-likeness (QED) is 0.630. The topological polar surface area (TPSA) is 73.6 Å². The van der Waals surface area contributed by atoms with Gasteiger partial charge in [0.05, 0.1) is 18.7 Å². The molecule has 0 radical (unpaired) electrons. The van der Waals surface area contributed by atoms with E-state index in [1.807, 2.05) is 13.0 Å². The number of rotatable bonds is 3. The average Bonchev–Trinajstić information content (AvgIpc) is 2.12. The Labute approximate surface area is 78.7 Å². The van der Waals surface area contributed by atoms with Crippen LogP contribution in [0.25, 0.3) is 0 Å². The maximum absolute atomic E-state index is 6.07. The normalized spacial score (nSPS) is 28.3. The summed E-state index contributed by atoms with van der Waals surface area (Å²) < 4.78 is 5.07. The number of nitrogens with two attached hydrogens (primary N) is 2. The van der Waals surface area contributed by atoms with Crippen molar-refractivity contribution in [3.63, 3.8) is 0 Å². The lowest BCUT2D eigenvalue weighted by atomic mass is 9.88. The summed E-state index contributed by atoms with van der Waals surface area (Å²) in [5.74, 6) is 0. The fraction of sp³-hybridized carbons (Fsp3) is 0.667. The second-order valence-corrected chi connectivity index (χ2v) is 3.42. The highest BCUT2D eigenvalue weighted by molar-refractivity contribution is 5.94. The Morgan fingerprint density at radius 3 is 2.92 bits per heavy atom. The van der Waals surface area contributed by atoms with E-state index in [9.17, 15) is 0 Å². The van der Waals surface area contributed by atoms with Gasteiger partial charge in [-0.3, -0.25) is 4.99 Å². The fourth-order valence-corrected chi connectivity index (χ4v) is 1.35. The standard InChI is InChI=1S/C9H17N3O/c1-7-3-8(4-13-2)9(11,5-10)6-12-7/h3H,4-6,10-11H2,1-2H3. The average molecular weight is 183 g/mol. The van der Waals surface area contributed by atoms with E-state index in [1.165, 1.54) is 0 Å². The Morgan fingerprint density at radius 1 is 1.69 bits per heavy atom. The highest BCUT2D eigenvalue weighted by Crippen LogP contribution is 2.18. The van der Waals surface area contributed by atoms with Gasteiger partial charge in [-0.1, -0.05) is 0 Å². The predicted octanol–water partition coefficient (Wildman–Crippen LogP) is -0.310. The summed E-state index contributed by atoms with van der Waals surface area (Å²) in [5, 5.41) is 0. The van der Waals surface area contributed by atoms with Crippen molar-refractivity contribution in [3.8, 4) is 0 Å². The van der Waals surface area contributed by atoms with E-state index >= 15 is 0 Å². The third kappa shape index (κ3) is 2.15. The number of allylic oxidation sites excluding steroid dienone is 1. The third-order valence-electron chi connectivity index (χ3n) is 2.30. The molecule has 1 unspecified atom stereocenters. The Morgan fingerprint density at radius 2 is 2.38 bits per heavy atom. The highest BCUT2D eigenvalue weighted by atomic mass is 16.5. The number of dihydropyridines is 1. The summed E-state index contributed by atoms with van der Waals surface area (Å²) in [6, 6.07) is 0. The molecule has 1 heterocycles. The van der Waals surface area contributed by atoms with Gasteiger partial charge in [-0.15, -0.1) is 0 Å². The molecule has 0 amide bonds. The molecule has 1 rings (SSSR count). The smallest absolute Gasteiger partial charge is 0.0717 e. The van der Waals surface area contributed by atoms with Gasteiger partial charge in [-0.05, 0) is 18.6 Å². The monoisotopic (exact) mass is 183 g/mol. The van der Waals surface area contributed by atoms with Crippen LogP contribution >= 0.6 is 0 Å². The van der Waals surface area contributed by atoms with Gasteiger partial charge in [0.2, 0.25) is 0 Å². The first-order valence-electron chi connectivity index (χ1n) is 4.32. The Balaban J connectivity index is 2.86. The zero-order valence-corrected chi connectivity index (χ0v) is 8.21. The molecule has 0 aromatic heterocycles. The van der Waals surface area contributed by atoms with Gasteiger partial charge < -0.3 is 16.2 Å². The van der Waals surface area contributed by atoms with Crippen LogP contribution in [0.2, 0.25) is 0 Å². The SMILES string of the molecule is COCC1=CC(C)=NCC1(N)CN. The van der Waals surface area contributed by atoms with Crippen LogP contribution in [0, 0.1) is 0 Å². The van der Waals surface area contributed by atoms with Crippen molar-refractivity contribution in [2.24, 2.45) is 16.5 Å². The molecule has 0 aliphatic carbocycles. The lowest BCUT2D eigenvalue weighted by molar-refractivity contribution is 0.212. The lowest BCUT2D eigenvalue weighted by Gasteiger charge is -2.31. The molecule has 13 heavy (non-hydrogen) atoms. The minimum Gasteiger partial charge on any atom is -0.380 e. The predicted molar refractivity (Wildman–Crippen MR) is 53.9 cm³/mol. The first kappa shape index (κ1) is 10.4. The number of methoxy groups -OCH3 is 1. The van der Waals surface area contributed by atoms with E-state index in [-0.39, 0.29) is 0 Å². The van der Waals surface area contributed by atoms with Crippen molar-refractivity contribution in [1.29, 1.82) is 0 Å². The third-order valence-corrected chi connectivity index (χ3v) is 2.30. The number of ether oxygens (including phenoxy) is 1. The van der Waals surface area contributed by atoms with Gasteiger partial charge in [-0.25, -0.2) is 0 Å². The maximum atomic E-state index is 6.07. The number of aliphatic imine (C=N–C) groups is 1. The summed E-state index contributed by atoms with van der Waals surface area (Å²) in [5.41, 5.74) is 13.2. The van der Waals surface area contributed by atoms with Crippen LogP contribution in [0.4, 0.5) is 0 Å². The van der Waals surface area contributed by atoms with Crippen LogP contribution < -0.4 is 11.5 Å². The minimum atomic E-state index is -0.504. The maximum Gasteiger partial charge on any atom is 0.0717 e. The van der Waals surface area contributed by atoms with Gasteiger partial charge in [0, 0.05) is 19.4 Å². The Hall–Kier alpha value is -0.710. The molecule has 4 nitrogen and oxygen atoms in total. The number of nitrogens with zero attached hydrogens (tertiary/aromatic N) is 1. The second-order valence-electron chi connectivity index (χ2n) is 3.42. The van der Waals surface area contributed by atoms with Gasteiger partial charge >= 0.3 is 0 Å². The molecule has 0 fully saturated rings. The van der Waals surface area contributed by atoms with Gasteiger partial charge in [0.15, 0.2) is 0 Å². The molecular formula is C9H17N3O. The summed E-state index contributed by atoms with van der Waals surface area (Å²) in [6.07, 6.45) is 1.96. The molecule has 0 saturated carbocycles. The van der Waals surface area contributed by atoms with Crippen molar-refractivity contribution in [2.45, 2.75) is 12.5 Å². The molecule has 1 atom stereocenters. The number of hydrogen-bond donors (Lipinski definition) is 2. The first-order valence-corrected chi connectivity index (χ1v) is 4.32. The molecule has 0 aromatic rings. The molecule has 0 saturated heterocycles. The van der Waals surface area contributed by atoms with E-state index in [4.69, 9.17) is 16.2 Å². The van der Waals surface area contributed by atoms with Crippen molar-refractivity contribution in [2.75, 3.05) is 26.8 Å². The van der Waals surface area contributed by atoms with E-state index in [0.717, 1.165) is 11.3 Å². The first-order chi connectivity index (χ1) is 6.12. The Bertz CT molecular complexity index is 247. The van der Waals surface area contributed by atoms with E-state index in [2.05, 4.69) is 4.99 Å². The lowest BCUT2D eigenvalue weighted by Crippen LogP contribution is -2.53. The van der Waals surface area contributed by atoms with Crippen molar-refractivity contribution >= 4 is 5.71 Å². The van der Waals surface area contributed by atoms with Gasteiger partial charge in [-0.2, -0.15) is 0 Å². The molecule has 4 heteroatoms. The molecule has 74 valence electrons. The second kappa shape index (κ2) is 4.00. The minimum absolute atomic E-state index is 0.402. The van der Waals surface area contributed by atoms with E-state index < -0.39 is 5.54 Å². The van der Waals surface area contributed by atoms with Crippen molar-refractivity contribution < 1.29 is 4.74 Å².